The van der Waals surface area contributed by atoms with Crippen molar-refractivity contribution in [2.45, 2.75) is 24.6 Å². The van der Waals surface area contributed by atoms with Crippen molar-refractivity contribution in [3.63, 3.8) is 0 Å². The van der Waals surface area contributed by atoms with E-state index in [0.29, 0.717) is 5.78 Å². The summed E-state index contributed by atoms with van der Waals surface area (Å²) in [5, 5.41) is 0. The number of benzene rings is 1. The van der Waals surface area contributed by atoms with Gasteiger partial charge in [-0.25, -0.2) is 0 Å². The maximum absolute atomic E-state index is 11.9. The summed E-state index contributed by atoms with van der Waals surface area (Å²) >= 11 is 0.206. The fraction of sp³-hybridized carbons (Fsp3) is 0.235. The van der Waals surface area contributed by atoms with Crippen LogP contribution in [-0.2, 0) is 4.79 Å². The topological polar surface area (TPSA) is 17.1 Å². The normalized spacial score (nSPS) is 15.7. The monoisotopic (exact) mass is 318 g/mol. The summed E-state index contributed by atoms with van der Waals surface area (Å²) in [5.74, 6) is 0.298. The Morgan fingerprint density at radius 2 is 2.05 bits per heavy atom. The first-order valence-electron chi connectivity index (χ1n) is 6.50. The van der Waals surface area contributed by atoms with Gasteiger partial charge in [0.1, 0.15) is 0 Å². The second-order valence-electron chi connectivity index (χ2n) is 4.54. The molecular weight excluding hydrogens is 299 g/mol. The Morgan fingerprint density at radius 1 is 1.26 bits per heavy atom. The van der Waals surface area contributed by atoms with Crippen LogP contribution in [0, 0.1) is 0 Å². The van der Waals surface area contributed by atoms with Crippen LogP contribution in [0.3, 0.4) is 0 Å². The third-order valence-corrected chi connectivity index (χ3v) is 5.73. The number of rotatable bonds is 5. The van der Waals surface area contributed by atoms with E-state index >= 15 is 0 Å². The van der Waals surface area contributed by atoms with Gasteiger partial charge in [0, 0.05) is 0 Å². The molecule has 1 atom stereocenters. The van der Waals surface area contributed by atoms with Gasteiger partial charge in [0.05, 0.1) is 0 Å². The van der Waals surface area contributed by atoms with E-state index in [9.17, 15) is 4.79 Å². The van der Waals surface area contributed by atoms with Gasteiger partial charge in [0.2, 0.25) is 0 Å². The van der Waals surface area contributed by atoms with Gasteiger partial charge in [0.25, 0.3) is 0 Å². The van der Waals surface area contributed by atoms with Crippen molar-refractivity contribution in [3.05, 3.63) is 66.3 Å². The molecule has 0 aromatic heterocycles. The third kappa shape index (κ3) is 4.66. The van der Waals surface area contributed by atoms with Gasteiger partial charge in [0.15, 0.2) is 0 Å². The van der Waals surface area contributed by atoms with Crippen molar-refractivity contribution in [1.82, 2.24) is 0 Å². The molecule has 0 N–H and O–H groups in total. The van der Waals surface area contributed by atoms with E-state index in [0.717, 1.165) is 12.8 Å². The molecule has 1 aliphatic carbocycles. The Morgan fingerprint density at radius 3 is 2.79 bits per heavy atom. The predicted molar refractivity (Wildman–Crippen MR) is 81.9 cm³/mol. The van der Waals surface area contributed by atoms with Gasteiger partial charge in [-0.3, -0.25) is 0 Å². The second-order valence-corrected chi connectivity index (χ2v) is 7.22. The molecule has 0 aliphatic heterocycles. The summed E-state index contributed by atoms with van der Waals surface area (Å²) < 4.78 is 1.30. The van der Waals surface area contributed by atoms with E-state index in [4.69, 9.17) is 0 Å². The molecule has 1 unspecified atom stereocenters. The summed E-state index contributed by atoms with van der Waals surface area (Å²) in [6.45, 7) is 1.71. The molecule has 0 saturated carbocycles. The maximum atomic E-state index is 11.9. The molecule has 0 radical (unpaired) electrons. The van der Waals surface area contributed by atoms with Gasteiger partial charge in [-0.1, -0.05) is 0 Å². The predicted octanol–water partition coefficient (Wildman–Crippen LogP) is 3.23. The summed E-state index contributed by atoms with van der Waals surface area (Å²) in [5.41, 5.74) is 1.26. The first-order valence-corrected chi connectivity index (χ1v) is 8.34. The van der Waals surface area contributed by atoms with Gasteiger partial charge >= 0.3 is 121 Å². The molecule has 0 fully saturated rings. The molecule has 1 aromatic rings. The van der Waals surface area contributed by atoms with Crippen molar-refractivity contribution >= 4 is 25.2 Å². The summed E-state index contributed by atoms with van der Waals surface area (Å²) in [6, 6.07) is 10.3. The van der Waals surface area contributed by atoms with Crippen LogP contribution < -0.4 is 4.46 Å². The summed E-state index contributed by atoms with van der Waals surface area (Å²) in [6.07, 6.45) is 12.5. The quantitative estimate of drug-likeness (QED) is 0.762. The molecule has 1 aromatic carbocycles. The number of allylic oxidation sites excluding steroid dienone is 6. The van der Waals surface area contributed by atoms with E-state index < -0.39 is 0 Å². The number of Topliss-reactive ketones (excluding diaryl/α,β-unsaturated/α-hetero) is 1. The van der Waals surface area contributed by atoms with Crippen LogP contribution in [0.2, 0.25) is 4.82 Å². The Labute approximate surface area is 121 Å². The van der Waals surface area contributed by atoms with Crippen LogP contribution in [0.15, 0.2) is 66.3 Å². The molecule has 19 heavy (non-hydrogen) atoms. The van der Waals surface area contributed by atoms with E-state index in [2.05, 4.69) is 42.5 Å². The van der Waals surface area contributed by atoms with E-state index in [1.165, 1.54) is 10.0 Å². The SMILES string of the molecule is CC(=O)C(CC1=CC=CCC=C1)[Se]c1ccccc1. The molecule has 98 valence electrons. The number of ketones is 1. The number of carbonyl (C=O) groups is 1. The minimum atomic E-state index is 0.136. The standard InChI is InChI=1S/C17H18OSe/c1-14(18)17(19-16-11-7-4-8-12-16)13-15-9-5-2-3-6-10-15/h2,4-12,17H,3,13H2,1H3. The van der Waals surface area contributed by atoms with Crippen molar-refractivity contribution in [2.24, 2.45) is 0 Å². The molecule has 0 bridgehead atoms. The Hall–Kier alpha value is -1.37. The van der Waals surface area contributed by atoms with Gasteiger partial charge in [-0.15, -0.1) is 0 Å². The zero-order valence-corrected chi connectivity index (χ0v) is 12.8. The number of hydrogen-bond acceptors (Lipinski definition) is 1. The van der Waals surface area contributed by atoms with Crippen LogP contribution in [-0.4, -0.2) is 20.7 Å². The Kier molecular flexibility index (Phi) is 5.38. The van der Waals surface area contributed by atoms with Crippen molar-refractivity contribution in [2.75, 3.05) is 0 Å². The fourth-order valence-corrected chi connectivity index (χ4v) is 4.18. The molecular formula is C17H18OSe. The summed E-state index contributed by atoms with van der Waals surface area (Å²) in [7, 11) is 0. The average Bonchev–Trinajstić information content (AvgIpc) is 2.68. The van der Waals surface area contributed by atoms with Crippen molar-refractivity contribution in [3.8, 4) is 0 Å². The molecule has 0 spiro atoms. The Bertz CT molecular complexity index is 511. The first-order chi connectivity index (χ1) is 9.25. The summed E-state index contributed by atoms with van der Waals surface area (Å²) in [4.78, 5) is 12.0. The molecule has 1 nitrogen and oxygen atoms in total. The molecule has 0 amide bonds. The number of hydrogen-bond donors (Lipinski definition) is 0. The second kappa shape index (κ2) is 7.28. The Balaban J connectivity index is 2.06. The molecule has 2 rings (SSSR count). The molecule has 0 heterocycles. The first kappa shape index (κ1) is 14.0. The zero-order chi connectivity index (χ0) is 13.5. The van der Waals surface area contributed by atoms with Gasteiger partial charge in [-0.05, 0) is 0 Å². The minimum absolute atomic E-state index is 0.136. The van der Waals surface area contributed by atoms with E-state index in [-0.39, 0.29) is 19.8 Å². The van der Waals surface area contributed by atoms with Crippen molar-refractivity contribution < 1.29 is 4.79 Å². The molecule has 1 aliphatic rings. The van der Waals surface area contributed by atoms with Gasteiger partial charge < -0.3 is 0 Å². The number of carbonyl (C=O) groups excluding carboxylic acids is 1. The van der Waals surface area contributed by atoms with Gasteiger partial charge in [-0.2, -0.15) is 0 Å². The van der Waals surface area contributed by atoms with Crippen LogP contribution in [0.25, 0.3) is 0 Å². The molecule has 0 saturated heterocycles. The van der Waals surface area contributed by atoms with Crippen LogP contribution in [0.4, 0.5) is 0 Å². The van der Waals surface area contributed by atoms with Crippen LogP contribution in [0.1, 0.15) is 19.8 Å². The van der Waals surface area contributed by atoms with Crippen LogP contribution >= 0.6 is 0 Å². The van der Waals surface area contributed by atoms with E-state index in [1.54, 1.807) is 6.92 Å². The van der Waals surface area contributed by atoms with E-state index in [1.807, 2.05) is 18.2 Å². The third-order valence-electron chi connectivity index (χ3n) is 2.95. The average molecular weight is 317 g/mol. The van der Waals surface area contributed by atoms with Crippen molar-refractivity contribution in [1.29, 1.82) is 0 Å². The molecule has 2 heteroatoms. The van der Waals surface area contributed by atoms with Crippen LogP contribution in [0.5, 0.6) is 0 Å². The fourth-order valence-electron chi connectivity index (χ4n) is 1.91. The zero-order valence-electron chi connectivity index (χ0n) is 11.1.